The highest BCUT2D eigenvalue weighted by Crippen LogP contribution is 2.14. The van der Waals surface area contributed by atoms with Crippen molar-refractivity contribution < 1.29 is 9.59 Å². The van der Waals surface area contributed by atoms with Gasteiger partial charge in [-0.25, -0.2) is 4.98 Å². The third-order valence-corrected chi connectivity index (χ3v) is 2.97. The van der Waals surface area contributed by atoms with Crippen molar-refractivity contribution in [3.8, 4) is 0 Å². The van der Waals surface area contributed by atoms with Gasteiger partial charge in [-0.05, 0) is 13.8 Å². The normalized spacial score (nSPS) is 10.1. The van der Waals surface area contributed by atoms with Crippen LogP contribution in [0.2, 0.25) is 0 Å². The van der Waals surface area contributed by atoms with Crippen LogP contribution in [0.5, 0.6) is 0 Å². The molecule has 5 heteroatoms. The molecule has 0 fully saturated rings. The van der Waals surface area contributed by atoms with Crippen LogP contribution in [0.4, 0.5) is 0 Å². The minimum absolute atomic E-state index is 0.0195. The van der Waals surface area contributed by atoms with Crippen molar-refractivity contribution in [2.45, 2.75) is 26.8 Å². The fourth-order valence-corrected chi connectivity index (χ4v) is 1.96. The molecule has 1 aromatic heterocycles. The van der Waals surface area contributed by atoms with E-state index in [1.807, 2.05) is 6.92 Å². The monoisotopic (exact) mass is 226 g/mol. The first-order chi connectivity index (χ1) is 7.00. The molecule has 0 saturated heterocycles. The Balaban J connectivity index is 2.56. The van der Waals surface area contributed by atoms with Gasteiger partial charge in [-0.2, -0.15) is 0 Å². The summed E-state index contributed by atoms with van der Waals surface area (Å²) in [7, 11) is 1.70. The fraction of sp³-hybridized carbons (Fsp3) is 0.500. The molecule has 1 heterocycles. The first-order valence-electron chi connectivity index (χ1n) is 4.63. The second kappa shape index (κ2) is 5.02. The minimum Gasteiger partial charge on any atom is -0.340 e. The number of amides is 1. The molecule has 0 aliphatic heterocycles. The zero-order valence-electron chi connectivity index (χ0n) is 9.11. The van der Waals surface area contributed by atoms with Crippen LogP contribution in [0.25, 0.3) is 0 Å². The highest BCUT2D eigenvalue weighted by Gasteiger charge is 2.13. The van der Waals surface area contributed by atoms with Gasteiger partial charge in [0.05, 0.1) is 24.2 Å². The Labute approximate surface area is 92.9 Å². The van der Waals surface area contributed by atoms with E-state index in [1.54, 1.807) is 17.5 Å². The predicted octanol–water partition coefficient (Wildman–Crippen LogP) is 1.39. The van der Waals surface area contributed by atoms with Gasteiger partial charge in [0.25, 0.3) is 0 Å². The van der Waals surface area contributed by atoms with Crippen LogP contribution in [-0.2, 0) is 16.1 Å². The lowest BCUT2D eigenvalue weighted by Crippen LogP contribution is -2.27. The molecule has 4 nitrogen and oxygen atoms in total. The molecule has 0 aliphatic rings. The molecule has 15 heavy (non-hydrogen) atoms. The van der Waals surface area contributed by atoms with Crippen molar-refractivity contribution in [3.05, 3.63) is 16.1 Å². The quantitative estimate of drug-likeness (QED) is 0.729. The summed E-state index contributed by atoms with van der Waals surface area (Å²) in [5.41, 5.74) is 2.70. The van der Waals surface area contributed by atoms with Crippen LogP contribution >= 0.6 is 11.3 Å². The van der Waals surface area contributed by atoms with Gasteiger partial charge in [0.2, 0.25) is 5.91 Å². The molecule has 0 aromatic carbocycles. The Bertz CT molecular complexity index is 373. The van der Waals surface area contributed by atoms with E-state index in [0.717, 1.165) is 10.6 Å². The number of thiazole rings is 1. The molecule has 0 saturated carbocycles. The van der Waals surface area contributed by atoms with Gasteiger partial charge in [-0.15, -0.1) is 11.3 Å². The maximum Gasteiger partial charge on any atom is 0.230 e. The molecule has 0 atom stereocenters. The van der Waals surface area contributed by atoms with Crippen molar-refractivity contribution in [1.82, 2.24) is 9.88 Å². The van der Waals surface area contributed by atoms with Gasteiger partial charge in [0.1, 0.15) is 5.78 Å². The van der Waals surface area contributed by atoms with Crippen molar-refractivity contribution in [3.63, 3.8) is 0 Å². The second-order valence-corrected chi connectivity index (χ2v) is 4.43. The average Bonchev–Trinajstić information content (AvgIpc) is 2.50. The number of carbonyl (C=O) groups excluding carboxylic acids is 2. The Morgan fingerprint density at radius 3 is 2.67 bits per heavy atom. The molecule has 1 amide bonds. The van der Waals surface area contributed by atoms with Crippen molar-refractivity contribution >= 4 is 23.0 Å². The molecule has 0 N–H and O–H groups in total. The number of ketones is 1. The van der Waals surface area contributed by atoms with E-state index in [0.29, 0.717) is 6.54 Å². The van der Waals surface area contributed by atoms with E-state index in [1.165, 1.54) is 18.3 Å². The van der Waals surface area contributed by atoms with Gasteiger partial charge >= 0.3 is 0 Å². The largest absolute Gasteiger partial charge is 0.340 e. The summed E-state index contributed by atoms with van der Waals surface area (Å²) in [5, 5.41) is 0. The summed E-state index contributed by atoms with van der Waals surface area (Å²) < 4.78 is 0. The van der Waals surface area contributed by atoms with E-state index in [2.05, 4.69) is 4.98 Å². The number of Topliss-reactive ketones (excluding diaryl/α,β-unsaturated/α-hetero) is 1. The van der Waals surface area contributed by atoms with E-state index in [4.69, 9.17) is 0 Å². The molecule has 0 bridgehead atoms. The standard InChI is InChI=1S/C10H14N2O2S/c1-7(13)4-10(14)12(3)5-9-8(2)11-6-15-9/h6H,4-5H2,1-3H3. The molecule has 0 unspecified atom stereocenters. The molecule has 1 rings (SSSR count). The molecule has 0 spiro atoms. The minimum atomic E-state index is -0.143. The van der Waals surface area contributed by atoms with E-state index in [9.17, 15) is 9.59 Å². The number of aromatic nitrogens is 1. The smallest absolute Gasteiger partial charge is 0.230 e. The van der Waals surface area contributed by atoms with Crippen LogP contribution in [-0.4, -0.2) is 28.6 Å². The highest BCUT2D eigenvalue weighted by atomic mass is 32.1. The van der Waals surface area contributed by atoms with Crippen LogP contribution in [0.15, 0.2) is 5.51 Å². The maximum atomic E-state index is 11.5. The van der Waals surface area contributed by atoms with Crippen LogP contribution < -0.4 is 0 Å². The van der Waals surface area contributed by atoms with Gasteiger partial charge in [0.15, 0.2) is 0 Å². The topological polar surface area (TPSA) is 50.3 Å². The zero-order valence-corrected chi connectivity index (χ0v) is 9.93. The van der Waals surface area contributed by atoms with E-state index >= 15 is 0 Å². The van der Waals surface area contributed by atoms with Gasteiger partial charge in [-0.3, -0.25) is 9.59 Å². The summed E-state index contributed by atoms with van der Waals surface area (Å²) in [4.78, 5) is 29.0. The fourth-order valence-electron chi connectivity index (χ4n) is 1.13. The summed E-state index contributed by atoms with van der Waals surface area (Å²) in [6.45, 7) is 3.86. The van der Waals surface area contributed by atoms with Crippen LogP contribution in [0.3, 0.4) is 0 Å². The zero-order chi connectivity index (χ0) is 11.4. The molecule has 0 radical (unpaired) electrons. The van der Waals surface area contributed by atoms with E-state index < -0.39 is 0 Å². The van der Waals surface area contributed by atoms with Crippen LogP contribution in [0.1, 0.15) is 23.9 Å². The number of hydrogen-bond donors (Lipinski definition) is 0. The first-order valence-corrected chi connectivity index (χ1v) is 5.51. The molecular formula is C10H14N2O2S. The SMILES string of the molecule is CC(=O)CC(=O)N(C)Cc1scnc1C. The summed E-state index contributed by atoms with van der Waals surface area (Å²) in [6.07, 6.45) is -0.0195. The highest BCUT2D eigenvalue weighted by molar-refractivity contribution is 7.09. The maximum absolute atomic E-state index is 11.5. The number of rotatable bonds is 4. The molecular weight excluding hydrogens is 212 g/mol. The summed E-state index contributed by atoms with van der Waals surface area (Å²) in [6, 6.07) is 0. The lowest BCUT2D eigenvalue weighted by molar-refractivity contribution is -0.134. The van der Waals surface area contributed by atoms with Gasteiger partial charge < -0.3 is 4.90 Å². The second-order valence-electron chi connectivity index (χ2n) is 3.49. The van der Waals surface area contributed by atoms with Gasteiger partial charge in [0, 0.05) is 11.9 Å². The Morgan fingerprint density at radius 1 is 1.53 bits per heavy atom. The summed E-state index contributed by atoms with van der Waals surface area (Å²) >= 11 is 1.52. The Morgan fingerprint density at radius 2 is 2.20 bits per heavy atom. The lowest BCUT2D eigenvalue weighted by atomic mass is 10.3. The average molecular weight is 226 g/mol. The first kappa shape index (κ1) is 11.8. The van der Waals surface area contributed by atoms with Gasteiger partial charge in [-0.1, -0.05) is 0 Å². The van der Waals surface area contributed by atoms with Crippen molar-refractivity contribution in [2.24, 2.45) is 0 Å². The molecule has 1 aromatic rings. The van der Waals surface area contributed by atoms with Crippen molar-refractivity contribution in [2.75, 3.05) is 7.05 Å². The summed E-state index contributed by atoms with van der Waals surface area (Å²) in [5.74, 6) is -0.247. The number of nitrogens with zero attached hydrogens (tertiary/aromatic N) is 2. The Hall–Kier alpha value is -1.23. The lowest BCUT2D eigenvalue weighted by Gasteiger charge is -2.15. The van der Waals surface area contributed by atoms with E-state index in [-0.39, 0.29) is 18.1 Å². The number of hydrogen-bond acceptors (Lipinski definition) is 4. The predicted molar refractivity (Wildman–Crippen MR) is 58.6 cm³/mol. The Kier molecular flexibility index (Phi) is 3.96. The van der Waals surface area contributed by atoms with Crippen molar-refractivity contribution in [1.29, 1.82) is 0 Å². The molecule has 82 valence electrons. The third kappa shape index (κ3) is 3.43. The third-order valence-electron chi connectivity index (χ3n) is 2.05. The van der Waals surface area contributed by atoms with Crippen LogP contribution in [0, 0.1) is 6.92 Å². The molecule has 0 aliphatic carbocycles. The number of aryl methyl sites for hydroxylation is 1. The number of carbonyl (C=O) groups is 2.